The first-order valence-electron chi connectivity index (χ1n) is 10.5. The van der Waals surface area contributed by atoms with E-state index in [1.54, 1.807) is 7.05 Å². The third-order valence-corrected chi connectivity index (χ3v) is 8.68. The Labute approximate surface area is 223 Å². The van der Waals surface area contributed by atoms with Gasteiger partial charge in [0.1, 0.15) is 16.8 Å². The van der Waals surface area contributed by atoms with E-state index in [0.29, 0.717) is 10.7 Å². The number of carboxylic acids is 1. The largest absolute Gasteiger partial charge is 0.477 e. The summed E-state index contributed by atoms with van der Waals surface area (Å²) in [5.41, 5.74) is -1.54. The molecule has 38 heavy (non-hydrogen) atoms. The van der Waals surface area contributed by atoms with Crippen LogP contribution in [0.5, 0.6) is 5.88 Å². The van der Waals surface area contributed by atoms with Crippen molar-refractivity contribution in [3.63, 3.8) is 0 Å². The smallest absolute Gasteiger partial charge is 0.352 e. The van der Waals surface area contributed by atoms with E-state index in [2.05, 4.69) is 34.9 Å². The van der Waals surface area contributed by atoms with Gasteiger partial charge in [-0.3, -0.25) is 14.5 Å². The van der Waals surface area contributed by atoms with Gasteiger partial charge in [-0.25, -0.2) is 9.48 Å². The predicted molar refractivity (Wildman–Crippen MR) is 127 cm³/mol. The van der Waals surface area contributed by atoms with Crippen LogP contribution in [0, 0.1) is 0 Å². The number of hydrogen-bond donors (Lipinski definition) is 2. The van der Waals surface area contributed by atoms with E-state index in [0.717, 1.165) is 11.0 Å². The number of aliphatic carboxylic acids is 1. The van der Waals surface area contributed by atoms with Gasteiger partial charge in [0.25, 0.3) is 17.5 Å². The summed E-state index contributed by atoms with van der Waals surface area (Å²) in [4.78, 5) is 39.1. The number of methoxy groups -OCH3 is 2. The number of thioether (sulfide) groups is 2. The number of tetrazole rings is 1. The number of β-lactam (4-membered cyclic amide) rings is 1. The molecule has 0 saturated carbocycles. The average molecular weight is 592 g/mol. The molecule has 1 saturated heterocycles. The van der Waals surface area contributed by atoms with Gasteiger partial charge < -0.3 is 28.6 Å². The molecule has 2 aromatic rings. The molecule has 17 nitrogen and oxygen atoms in total. The van der Waals surface area contributed by atoms with Gasteiger partial charge in [0.15, 0.2) is 5.94 Å². The van der Waals surface area contributed by atoms with Crippen molar-refractivity contribution >= 4 is 51.4 Å². The molecule has 2 atom stereocenters. The molecule has 2 amide bonds. The number of rotatable bonds is 12. The number of aromatic nitrogens is 5. The molecule has 0 unspecified atom stereocenters. The normalized spacial score (nSPS) is 21.2. The SMILES string of the molecule is COCS(=O)(=O)Oc1cc(CC(=O)N[C@]2(OC)C(=O)N3C(C(=O)O)=C(CSc4nnnn4C)CS[C@@H]32)on1. The summed E-state index contributed by atoms with van der Waals surface area (Å²) in [5.74, 6) is -3.50. The van der Waals surface area contributed by atoms with E-state index >= 15 is 0 Å². The highest BCUT2D eigenvalue weighted by Crippen LogP contribution is 2.47. The third kappa shape index (κ3) is 5.34. The van der Waals surface area contributed by atoms with Crippen LogP contribution in [0.15, 0.2) is 27.0 Å². The van der Waals surface area contributed by atoms with Crippen LogP contribution in [-0.4, -0.2) is 104 Å². The van der Waals surface area contributed by atoms with Crippen LogP contribution in [0.3, 0.4) is 0 Å². The van der Waals surface area contributed by atoms with Gasteiger partial charge >= 0.3 is 16.1 Å². The molecule has 206 valence electrons. The van der Waals surface area contributed by atoms with Crippen molar-refractivity contribution < 1.29 is 46.1 Å². The van der Waals surface area contributed by atoms with Gasteiger partial charge in [-0.05, 0) is 21.2 Å². The first-order valence-corrected chi connectivity index (χ1v) is 14.1. The molecule has 20 heteroatoms. The maximum Gasteiger partial charge on any atom is 0.352 e. The minimum absolute atomic E-state index is 0.0556. The van der Waals surface area contributed by atoms with Crippen molar-refractivity contribution in [2.75, 3.05) is 31.7 Å². The molecule has 4 rings (SSSR count). The molecule has 0 bridgehead atoms. The zero-order valence-corrected chi connectivity index (χ0v) is 22.5. The highest BCUT2D eigenvalue weighted by atomic mass is 32.2. The molecular weight excluding hydrogens is 570 g/mol. The maximum atomic E-state index is 13.2. The Morgan fingerprint density at radius 3 is 2.79 bits per heavy atom. The minimum atomic E-state index is -4.07. The second kappa shape index (κ2) is 10.9. The Bertz CT molecular complexity index is 1390. The first kappa shape index (κ1) is 27.8. The van der Waals surface area contributed by atoms with E-state index in [1.807, 2.05) is 0 Å². The van der Waals surface area contributed by atoms with Gasteiger partial charge in [0.05, 0.1) is 6.42 Å². The fourth-order valence-electron chi connectivity index (χ4n) is 3.67. The van der Waals surface area contributed by atoms with Gasteiger partial charge in [-0.2, -0.15) is 8.42 Å². The number of carbonyl (C=O) groups is 3. The van der Waals surface area contributed by atoms with E-state index < -0.39 is 57.2 Å². The number of nitrogens with one attached hydrogen (secondary N) is 1. The molecule has 2 aliphatic rings. The number of nitrogens with zero attached hydrogens (tertiary/aromatic N) is 6. The molecule has 0 aliphatic carbocycles. The van der Waals surface area contributed by atoms with E-state index in [1.165, 1.54) is 42.4 Å². The van der Waals surface area contributed by atoms with Crippen LogP contribution < -0.4 is 9.50 Å². The number of hydrogen-bond acceptors (Lipinski definition) is 15. The Kier molecular flexibility index (Phi) is 7.97. The van der Waals surface area contributed by atoms with Crippen molar-refractivity contribution in [2.45, 2.75) is 22.7 Å². The Morgan fingerprint density at radius 2 is 2.16 bits per heavy atom. The standard InChI is InChI=1S/C18H21N7O10S3/c1-24-17(20-22-23-24)37-7-9-6-36-16-18(33-3,15(29)25(16)13(9)14(27)28)19-11(26)4-10-5-12(21-34-10)35-38(30,31)8-32-2/h5,16H,4,6-8H2,1-3H3,(H,19,26)(H,27,28)/t16-,18+/m1/s1. The van der Waals surface area contributed by atoms with Crippen molar-refractivity contribution in [1.82, 2.24) is 35.6 Å². The zero-order chi connectivity index (χ0) is 27.7. The van der Waals surface area contributed by atoms with E-state index in [-0.39, 0.29) is 23.0 Å². The lowest BCUT2D eigenvalue weighted by molar-refractivity contribution is -0.192. The molecule has 0 aromatic carbocycles. The number of amides is 2. The van der Waals surface area contributed by atoms with Crippen LogP contribution >= 0.6 is 23.5 Å². The highest BCUT2D eigenvalue weighted by Gasteiger charge is 2.66. The van der Waals surface area contributed by atoms with Crippen LogP contribution in [0.1, 0.15) is 5.76 Å². The number of carboxylic acid groups (broad SMARTS) is 1. The van der Waals surface area contributed by atoms with E-state index in [9.17, 15) is 27.9 Å². The molecule has 0 radical (unpaired) electrons. The molecule has 2 N–H and O–H groups in total. The minimum Gasteiger partial charge on any atom is -0.477 e. The highest BCUT2D eigenvalue weighted by molar-refractivity contribution is 8.01. The lowest BCUT2D eigenvalue weighted by Gasteiger charge is -2.55. The van der Waals surface area contributed by atoms with Crippen molar-refractivity contribution in [3.8, 4) is 5.88 Å². The van der Waals surface area contributed by atoms with Crippen molar-refractivity contribution in [1.29, 1.82) is 0 Å². The maximum absolute atomic E-state index is 13.2. The Morgan fingerprint density at radius 1 is 1.39 bits per heavy atom. The lowest BCUT2D eigenvalue weighted by atomic mass is 9.98. The number of fused-ring (bicyclic) bond motifs is 1. The number of carbonyl (C=O) groups excluding carboxylic acids is 2. The molecular formula is C18H21N7O10S3. The summed E-state index contributed by atoms with van der Waals surface area (Å²) in [6, 6.07) is 1.10. The van der Waals surface area contributed by atoms with Crippen LogP contribution in [0.4, 0.5) is 0 Å². The second-order valence-corrected chi connectivity index (χ2v) is 11.3. The molecule has 2 aromatic heterocycles. The molecule has 4 heterocycles. The molecule has 2 aliphatic heterocycles. The Balaban J connectivity index is 1.45. The lowest BCUT2D eigenvalue weighted by Crippen LogP contribution is -2.80. The summed E-state index contributed by atoms with van der Waals surface area (Å²) in [5, 5.41) is 26.5. The van der Waals surface area contributed by atoms with E-state index in [4.69, 9.17) is 9.26 Å². The monoisotopic (exact) mass is 591 g/mol. The van der Waals surface area contributed by atoms with Crippen LogP contribution in [-0.2, 0) is 47.4 Å². The molecule has 1 fully saturated rings. The van der Waals surface area contributed by atoms with Gasteiger partial charge in [-0.1, -0.05) is 11.8 Å². The number of aryl methyl sites for hydroxylation is 1. The van der Waals surface area contributed by atoms with Gasteiger partial charge in [0.2, 0.25) is 11.1 Å². The number of ether oxygens (including phenoxy) is 2. The zero-order valence-electron chi connectivity index (χ0n) is 20.0. The third-order valence-electron chi connectivity index (χ3n) is 5.26. The summed E-state index contributed by atoms with van der Waals surface area (Å²) < 4.78 is 44.3. The van der Waals surface area contributed by atoms with Gasteiger partial charge in [-0.15, -0.1) is 16.9 Å². The molecule has 0 spiro atoms. The summed E-state index contributed by atoms with van der Waals surface area (Å²) in [7, 11) is -0.0353. The van der Waals surface area contributed by atoms with Crippen molar-refractivity contribution in [3.05, 3.63) is 23.1 Å². The van der Waals surface area contributed by atoms with Gasteiger partial charge in [0, 0.05) is 38.8 Å². The summed E-state index contributed by atoms with van der Waals surface area (Å²) in [6.45, 7) is 0. The first-order chi connectivity index (χ1) is 18.0. The van der Waals surface area contributed by atoms with Crippen molar-refractivity contribution in [2.24, 2.45) is 7.05 Å². The summed E-state index contributed by atoms with van der Waals surface area (Å²) in [6.07, 6.45) is -0.439. The fourth-order valence-corrected chi connectivity index (χ4v) is 6.78. The van der Waals surface area contributed by atoms with Crippen LogP contribution in [0.25, 0.3) is 0 Å². The quantitative estimate of drug-likeness (QED) is 0.125. The average Bonchev–Trinajstić information content (AvgIpc) is 3.47. The topological polar surface area (TPSA) is 218 Å². The summed E-state index contributed by atoms with van der Waals surface area (Å²) >= 11 is 2.44. The Hall–Kier alpha value is -3.20. The van der Waals surface area contributed by atoms with Crippen LogP contribution in [0.2, 0.25) is 0 Å². The fraction of sp³-hybridized carbons (Fsp3) is 0.500. The predicted octanol–water partition coefficient (Wildman–Crippen LogP) is -1.44. The second-order valence-electron chi connectivity index (χ2n) is 7.81.